The number of hydrogen-bond acceptors (Lipinski definition) is 7. The molecule has 1 saturated heterocycles. The van der Waals surface area contributed by atoms with Crippen LogP contribution in [0.3, 0.4) is 0 Å². The maximum Gasteiger partial charge on any atom is 0.387 e. The number of rotatable bonds is 8. The molecule has 1 aliphatic heterocycles. The predicted molar refractivity (Wildman–Crippen MR) is 113 cm³/mol. The van der Waals surface area contributed by atoms with Crippen molar-refractivity contribution in [2.24, 2.45) is 0 Å². The van der Waals surface area contributed by atoms with Crippen LogP contribution in [0.15, 0.2) is 53.4 Å². The lowest BCUT2D eigenvalue weighted by molar-refractivity contribution is -0.123. The Labute approximate surface area is 189 Å². The van der Waals surface area contributed by atoms with Crippen LogP contribution in [0.4, 0.5) is 14.5 Å². The number of para-hydroxylation sites is 1. The van der Waals surface area contributed by atoms with E-state index >= 15 is 0 Å². The minimum atomic E-state index is -3.68. The van der Waals surface area contributed by atoms with Crippen LogP contribution in [-0.2, 0) is 24.3 Å². The van der Waals surface area contributed by atoms with Gasteiger partial charge in [0.1, 0.15) is 11.3 Å². The van der Waals surface area contributed by atoms with Gasteiger partial charge in [0.15, 0.2) is 6.10 Å². The number of nitrogens with zero attached hydrogens (tertiary/aromatic N) is 1. The molecular formula is C21H22F2N2O7S. The Morgan fingerprint density at radius 2 is 1.70 bits per heavy atom. The molecule has 0 bridgehead atoms. The van der Waals surface area contributed by atoms with Gasteiger partial charge in [0.25, 0.3) is 5.91 Å². The highest BCUT2D eigenvalue weighted by Crippen LogP contribution is 2.22. The Morgan fingerprint density at radius 3 is 2.33 bits per heavy atom. The van der Waals surface area contributed by atoms with E-state index in [0.29, 0.717) is 13.2 Å². The van der Waals surface area contributed by atoms with Crippen LogP contribution in [0.5, 0.6) is 5.75 Å². The summed E-state index contributed by atoms with van der Waals surface area (Å²) in [5.41, 5.74) is 0.0281. The number of anilines is 1. The van der Waals surface area contributed by atoms with E-state index in [4.69, 9.17) is 9.47 Å². The van der Waals surface area contributed by atoms with Gasteiger partial charge in [-0.05, 0) is 43.3 Å². The normalized spacial score (nSPS) is 15.6. The van der Waals surface area contributed by atoms with Gasteiger partial charge in [-0.15, -0.1) is 0 Å². The summed E-state index contributed by atoms with van der Waals surface area (Å²) in [6, 6.07) is 10.8. The number of sulfonamides is 1. The van der Waals surface area contributed by atoms with Crippen molar-refractivity contribution in [2.75, 3.05) is 31.6 Å². The molecule has 0 spiro atoms. The number of ether oxygens (including phenoxy) is 3. The first-order chi connectivity index (χ1) is 15.7. The first kappa shape index (κ1) is 24.6. The van der Waals surface area contributed by atoms with E-state index in [1.807, 2.05) is 0 Å². The molecule has 0 aromatic heterocycles. The molecule has 0 saturated carbocycles. The van der Waals surface area contributed by atoms with Gasteiger partial charge in [0.2, 0.25) is 10.0 Å². The fraction of sp³-hybridized carbons (Fsp3) is 0.333. The van der Waals surface area contributed by atoms with E-state index < -0.39 is 34.6 Å². The number of benzene rings is 2. The Bertz CT molecular complexity index is 1090. The van der Waals surface area contributed by atoms with Crippen LogP contribution in [0.25, 0.3) is 0 Å². The molecule has 3 rings (SSSR count). The van der Waals surface area contributed by atoms with E-state index in [9.17, 15) is 26.8 Å². The highest BCUT2D eigenvalue weighted by molar-refractivity contribution is 7.89. The lowest BCUT2D eigenvalue weighted by Crippen LogP contribution is -2.40. The Kier molecular flexibility index (Phi) is 7.95. The van der Waals surface area contributed by atoms with Gasteiger partial charge < -0.3 is 19.5 Å². The molecule has 178 valence electrons. The standard InChI is InChI=1S/C21H22F2N2O7S/c1-14(31-20(27)17-4-2-3-5-18(17)32-21(22)23)19(26)24-15-6-8-16(9-7-15)33(28,29)25-10-12-30-13-11-25/h2-9,14,21H,10-13H2,1H3,(H,24,26)/t14-/m1/s1. The highest BCUT2D eigenvalue weighted by Gasteiger charge is 2.26. The fourth-order valence-corrected chi connectivity index (χ4v) is 4.41. The monoisotopic (exact) mass is 484 g/mol. The average Bonchev–Trinajstić information content (AvgIpc) is 2.80. The first-order valence-corrected chi connectivity index (χ1v) is 11.4. The zero-order valence-electron chi connectivity index (χ0n) is 17.6. The number of esters is 1. The third kappa shape index (κ3) is 6.24. The van der Waals surface area contributed by atoms with Crippen molar-refractivity contribution in [1.82, 2.24) is 4.31 Å². The van der Waals surface area contributed by atoms with Crippen molar-refractivity contribution >= 4 is 27.6 Å². The fourth-order valence-electron chi connectivity index (χ4n) is 3.00. The molecule has 12 heteroatoms. The number of hydrogen-bond donors (Lipinski definition) is 1. The van der Waals surface area contributed by atoms with Gasteiger partial charge in [-0.25, -0.2) is 13.2 Å². The van der Waals surface area contributed by atoms with Gasteiger partial charge >= 0.3 is 12.6 Å². The predicted octanol–water partition coefficient (Wildman–Crippen LogP) is 2.49. The Morgan fingerprint density at radius 1 is 1.06 bits per heavy atom. The Balaban J connectivity index is 1.61. The summed E-state index contributed by atoms with van der Waals surface area (Å²) in [4.78, 5) is 24.8. The van der Waals surface area contributed by atoms with Crippen molar-refractivity contribution in [3.63, 3.8) is 0 Å². The summed E-state index contributed by atoms with van der Waals surface area (Å²) in [7, 11) is -3.68. The van der Waals surface area contributed by atoms with Crippen LogP contribution in [0.2, 0.25) is 0 Å². The molecular weight excluding hydrogens is 462 g/mol. The van der Waals surface area contributed by atoms with Gasteiger partial charge in [-0.3, -0.25) is 4.79 Å². The molecule has 1 fully saturated rings. The molecule has 0 aliphatic carbocycles. The summed E-state index contributed by atoms with van der Waals surface area (Å²) >= 11 is 0. The minimum absolute atomic E-state index is 0.0671. The third-order valence-corrected chi connectivity index (χ3v) is 6.62. The molecule has 2 aromatic carbocycles. The van der Waals surface area contributed by atoms with E-state index in [0.717, 1.165) is 0 Å². The van der Waals surface area contributed by atoms with Crippen molar-refractivity contribution in [2.45, 2.75) is 24.5 Å². The number of morpholine rings is 1. The lowest BCUT2D eigenvalue weighted by atomic mass is 10.2. The van der Waals surface area contributed by atoms with Crippen molar-refractivity contribution in [1.29, 1.82) is 0 Å². The van der Waals surface area contributed by atoms with Crippen molar-refractivity contribution in [3.8, 4) is 5.75 Å². The zero-order valence-corrected chi connectivity index (χ0v) is 18.4. The number of halogens is 2. The topological polar surface area (TPSA) is 111 Å². The lowest BCUT2D eigenvalue weighted by Gasteiger charge is -2.26. The maximum atomic E-state index is 12.6. The SMILES string of the molecule is C[C@@H](OC(=O)c1ccccc1OC(F)F)C(=O)Nc1ccc(S(=O)(=O)N2CCOCC2)cc1. The zero-order chi connectivity index (χ0) is 24.0. The van der Waals surface area contributed by atoms with Crippen molar-refractivity contribution in [3.05, 3.63) is 54.1 Å². The summed E-state index contributed by atoms with van der Waals surface area (Å²) < 4.78 is 66.2. The summed E-state index contributed by atoms with van der Waals surface area (Å²) in [6.07, 6.45) is -1.27. The molecule has 0 radical (unpaired) electrons. The van der Waals surface area contributed by atoms with E-state index in [-0.39, 0.29) is 35.0 Å². The summed E-state index contributed by atoms with van der Waals surface area (Å²) in [6.45, 7) is -0.661. The van der Waals surface area contributed by atoms with Crippen LogP contribution in [0.1, 0.15) is 17.3 Å². The third-order valence-electron chi connectivity index (χ3n) is 4.71. The van der Waals surface area contributed by atoms with Gasteiger partial charge in [-0.2, -0.15) is 13.1 Å². The summed E-state index contributed by atoms with van der Waals surface area (Å²) in [5.74, 6) is -2.08. The first-order valence-electron chi connectivity index (χ1n) is 9.92. The van der Waals surface area contributed by atoms with Gasteiger partial charge in [-0.1, -0.05) is 12.1 Å². The molecule has 33 heavy (non-hydrogen) atoms. The van der Waals surface area contributed by atoms with Crippen molar-refractivity contribution < 1.29 is 41.0 Å². The van der Waals surface area contributed by atoms with Crippen LogP contribution in [-0.4, -0.2) is 63.6 Å². The number of nitrogens with one attached hydrogen (secondary N) is 1. The largest absolute Gasteiger partial charge is 0.449 e. The molecule has 9 nitrogen and oxygen atoms in total. The molecule has 1 N–H and O–H groups in total. The van der Waals surface area contributed by atoms with Crippen LogP contribution in [0, 0.1) is 0 Å². The van der Waals surface area contributed by atoms with Gasteiger partial charge in [0.05, 0.1) is 18.1 Å². The average molecular weight is 484 g/mol. The molecule has 0 unspecified atom stereocenters. The second-order valence-electron chi connectivity index (χ2n) is 6.95. The van der Waals surface area contributed by atoms with E-state index in [1.54, 1.807) is 0 Å². The number of amides is 1. The van der Waals surface area contributed by atoms with Crippen LogP contribution < -0.4 is 10.1 Å². The summed E-state index contributed by atoms with van der Waals surface area (Å²) in [5, 5.41) is 2.51. The minimum Gasteiger partial charge on any atom is -0.449 e. The van der Waals surface area contributed by atoms with E-state index in [1.165, 1.54) is 59.8 Å². The number of alkyl halides is 2. The second kappa shape index (κ2) is 10.7. The van der Waals surface area contributed by atoms with Crippen LogP contribution >= 0.6 is 0 Å². The highest BCUT2D eigenvalue weighted by atomic mass is 32.2. The maximum absolute atomic E-state index is 12.6. The second-order valence-corrected chi connectivity index (χ2v) is 8.89. The quantitative estimate of drug-likeness (QED) is 0.573. The van der Waals surface area contributed by atoms with Gasteiger partial charge in [0, 0.05) is 18.8 Å². The molecule has 1 atom stereocenters. The Hall–Kier alpha value is -3.09. The molecule has 1 amide bonds. The molecule has 1 heterocycles. The van der Waals surface area contributed by atoms with E-state index in [2.05, 4.69) is 10.1 Å². The molecule has 2 aromatic rings. The smallest absolute Gasteiger partial charge is 0.387 e. The number of carbonyl (C=O) groups is 2. The number of carbonyl (C=O) groups excluding carboxylic acids is 2. The molecule has 1 aliphatic rings.